The number of hydrazine groups is 1. The molecule has 0 unspecified atom stereocenters. The summed E-state index contributed by atoms with van der Waals surface area (Å²) in [6.07, 6.45) is 1.17. The van der Waals surface area contributed by atoms with E-state index in [0.717, 1.165) is 5.57 Å². The lowest BCUT2D eigenvalue weighted by Crippen LogP contribution is -2.02. The molecule has 0 aromatic heterocycles. The molecule has 0 saturated heterocycles. The third-order valence-corrected chi connectivity index (χ3v) is 0.412. The van der Waals surface area contributed by atoms with Crippen molar-refractivity contribution in [1.29, 1.82) is 0 Å². The first-order valence-corrected chi connectivity index (χ1v) is 2.34. The normalized spacial score (nSPS) is 6.67. The van der Waals surface area contributed by atoms with Crippen molar-refractivity contribution in [2.75, 3.05) is 0 Å². The summed E-state index contributed by atoms with van der Waals surface area (Å²) in [5, 5.41) is 8.01. The van der Waals surface area contributed by atoms with Crippen molar-refractivity contribution in [3.05, 3.63) is 11.6 Å². The summed E-state index contributed by atoms with van der Waals surface area (Å²) < 4.78 is 0. The van der Waals surface area contributed by atoms with Gasteiger partial charge in [-0.15, -0.1) is 0 Å². The van der Waals surface area contributed by atoms with E-state index >= 15 is 0 Å². The highest BCUT2D eigenvalue weighted by molar-refractivity contribution is 5.80. The predicted octanol–water partition coefficient (Wildman–Crippen LogP) is -0.144. The van der Waals surface area contributed by atoms with E-state index in [1.54, 1.807) is 13.8 Å². The first-order valence-electron chi connectivity index (χ1n) is 2.34. The first kappa shape index (κ1) is 11.0. The fourth-order valence-electron chi connectivity index (χ4n) is 0.247. The van der Waals surface area contributed by atoms with Crippen LogP contribution in [0.4, 0.5) is 0 Å². The Morgan fingerprint density at radius 2 is 1.78 bits per heavy atom. The van der Waals surface area contributed by atoms with Crippen molar-refractivity contribution in [3.63, 3.8) is 0 Å². The summed E-state index contributed by atoms with van der Waals surface area (Å²) >= 11 is 0. The number of aliphatic carboxylic acids is 1. The zero-order chi connectivity index (χ0) is 7.86. The van der Waals surface area contributed by atoms with E-state index in [2.05, 4.69) is 11.7 Å². The summed E-state index contributed by atoms with van der Waals surface area (Å²) in [6.45, 7) is 3.49. The second kappa shape index (κ2) is 7.13. The Labute approximate surface area is 54.1 Å². The second-order valence-corrected chi connectivity index (χ2v) is 1.56. The fourth-order valence-corrected chi connectivity index (χ4v) is 0.247. The highest BCUT2D eigenvalue weighted by atomic mass is 16.4. The van der Waals surface area contributed by atoms with E-state index in [0.29, 0.717) is 0 Å². The lowest BCUT2D eigenvalue weighted by Gasteiger charge is -1.79. The number of carbonyl (C=O) groups is 1. The largest absolute Gasteiger partial charge is 0.478 e. The van der Waals surface area contributed by atoms with Gasteiger partial charge in [-0.3, -0.25) is 11.7 Å². The van der Waals surface area contributed by atoms with Gasteiger partial charge in [-0.2, -0.15) is 0 Å². The molecule has 4 nitrogen and oxygen atoms in total. The number of hydrogen-bond donors (Lipinski definition) is 3. The van der Waals surface area contributed by atoms with E-state index in [1.807, 2.05) is 0 Å². The summed E-state index contributed by atoms with van der Waals surface area (Å²) in [4.78, 5) is 9.73. The molecule has 0 amide bonds. The van der Waals surface area contributed by atoms with Crippen molar-refractivity contribution < 1.29 is 9.90 Å². The standard InChI is InChI=1S/C5H8O2.H4N2/c1-4(2)3-5(6)7;1-2/h3H,1-2H3,(H,6,7);1-2H2. The van der Waals surface area contributed by atoms with Gasteiger partial charge in [0, 0.05) is 6.08 Å². The molecule has 0 aliphatic carbocycles. The number of carboxylic acids is 1. The number of allylic oxidation sites excluding steroid dienone is 1. The topological polar surface area (TPSA) is 89.3 Å². The molecule has 0 heterocycles. The monoisotopic (exact) mass is 132 g/mol. The Hall–Kier alpha value is -0.870. The van der Waals surface area contributed by atoms with Gasteiger partial charge in [0.25, 0.3) is 0 Å². The lowest BCUT2D eigenvalue weighted by molar-refractivity contribution is -0.131. The van der Waals surface area contributed by atoms with Crippen LogP contribution in [0.15, 0.2) is 11.6 Å². The van der Waals surface area contributed by atoms with Crippen molar-refractivity contribution in [2.45, 2.75) is 13.8 Å². The molecule has 0 rings (SSSR count). The van der Waals surface area contributed by atoms with Gasteiger partial charge >= 0.3 is 5.97 Å². The molecule has 4 heteroatoms. The van der Waals surface area contributed by atoms with Crippen LogP contribution in [0.3, 0.4) is 0 Å². The van der Waals surface area contributed by atoms with Gasteiger partial charge in [-0.1, -0.05) is 5.57 Å². The van der Waals surface area contributed by atoms with E-state index in [9.17, 15) is 4.79 Å². The highest BCUT2D eigenvalue weighted by Gasteiger charge is 1.83. The summed E-state index contributed by atoms with van der Waals surface area (Å²) in [5.41, 5.74) is 0.813. The summed E-state index contributed by atoms with van der Waals surface area (Å²) in [7, 11) is 0. The van der Waals surface area contributed by atoms with Crippen LogP contribution in [0, 0.1) is 0 Å². The van der Waals surface area contributed by atoms with Crippen LogP contribution in [-0.2, 0) is 4.79 Å². The molecule has 9 heavy (non-hydrogen) atoms. The second-order valence-electron chi connectivity index (χ2n) is 1.56. The van der Waals surface area contributed by atoms with Gasteiger partial charge in [-0.25, -0.2) is 4.79 Å². The van der Waals surface area contributed by atoms with Gasteiger partial charge in [0.2, 0.25) is 0 Å². The van der Waals surface area contributed by atoms with Gasteiger partial charge in [0.05, 0.1) is 0 Å². The van der Waals surface area contributed by atoms with Gasteiger partial charge in [-0.05, 0) is 13.8 Å². The van der Waals surface area contributed by atoms with E-state index in [1.165, 1.54) is 6.08 Å². The Morgan fingerprint density at radius 1 is 1.44 bits per heavy atom. The predicted molar refractivity (Wildman–Crippen MR) is 35.4 cm³/mol. The minimum atomic E-state index is -0.875. The third kappa shape index (κ3) is 19.2. The van der Waals surface area contributed by atoms with Gasteiger partial charge in [0.15, 0.2) is 0 Å². The molecule has 0 aliphatic rings. The third-order valence-electron chi connectivity index (χ3n) is 0.412. The number of rotatable bonds is 1. The Kier molecular flexibility index (Phi) is 8.71. The molecule has 0 aliphatic heterocycles. The van der Waals surface area contributed by atoms with Crippen LogP contribution < -0.4 is 11.7 Å². The molecule has 0 radical (unpaired) electrons. The maximum atomic E-state index is 9.73. The molecule has 0 fully saturated rings. The van der Waals surface area contributed by atoms with Crippen molar-refractivity contribution >= 4 is 5.97 Å². The molecule has 54 valence electrons. The zero-order valence-corrected chi connectivity index (χ0v) is 5.59. The van der Waals surface area contributed by atoms with Crippen LogP contribution in [-0.4, -0.2) is 11.1 Å². The van der Waals surface area contributed by atoms with Crippen molar-refractivity contribution in [3.8, 4) is 0 Å². The Bertz CT molecular complexity index is 106. The molecular formula is C5H12N2O2. The number of nitrogens with two attached hydrogens (primary N) is 2. The number of hydrogen-bond acceptors (Lipinski definition) is 3. The lowest BCUT2D eigenvalue weighted by atomic mass is 10.3. The molecule has 0 aromatic carbocycles. The maximum absolute atomic E-state index is 9.73. The average Bonchev–Trinajstić information content (AvgIpc) is 1.68. The SMILES string of the molecule is CC(C)=CC(=O)O.NN. The van der Waals surface area contributed by atoms with Gasteiger partial charge < -0.3 is 5.11 Å². The van der Waals surface area contributed by atoms with Crippen LogP contribution in [0.25, 0.3) is 0 Å². The Balaban J connectivity index is 0. The van der Waals surface area contributed by atoms with Crippen LogP contribution in [0.5, 0.6) is 0 Å². The Morgan fingerprint density at radius 3 is 1.78 bits per heavy atom. The number of carboxylic acid groups (broad SMARTS) is 1. The fraction of sp³-hybridized carbons (Fsp3) is 0.400. The zero-order valence-electron chi connectivity index (χ0n) is 5.59. The van der Waals surface area contributed by atoms with Crippen LogP contribution >= 0.6 is 0 Å². The van der Waals surface area contributed by atoms with Gasteiger partial charge in [0.1, 0.15) is 0 Å². The van der Waals surface area contributed by atoms with E-state index in [-0.39, 0.29) is 0 Å². The molecule has 0 atom stereocenters. The molecule has 0 saturated carbocycles. The average molecular weight is 132 g/mol. The first-order chi connectivity index (χ1) is 4.13. The molecular weight excluding hydrogens is 120 g/mol. The van der Waals surface area contributed by atoms with Crippen molar-refractivity contribution in [2.24, 2.45) is 11.7 Å². The minimum absolute atomic E-state index is 0.813. The molecule has 5 N–H and O–H groups in total. The van der Waals surface area contributed by atoms with Crippen molar-refractivity contribution in [1.82, 2.24) is 0 Å². The summed E-state index contributed by atoms with van der Waals surface area (Å²) in [5.74, 6) is 7.12. The van der Waals surface area contributed by atoms with Crippen LogP contribution in [0.1, 0.15) is 13.8 Å². The smallest absolute Gasteiger partial charge is 0.328 e. The molecule has 0 bridgehead atoms. The quantitative estimate of drug-likeness (QED) is 0.263. The molecule has 0 aromatic rings. The highest BCUT2D eigenvalue weighted by Crippen LogP contribution is 1.85. The van der Waals surface area contributed by atoms with Crippen LogP contribution in [0.2, 0.25) is 0 Å². The minimum Gasteiger partial charge on any atom is -0.478 e. The van der Waals surface area contributed by atoms with E-state index < -0.39 is 5.97 Å². The molecule has 0 spiro atoms. The summed E-state index contributed by atoms with van der Waals surface area (Å²) in [6, 6.07) is 0. The van der Waals surface area contributed by atoms with E-state index in [4.69, 9.17) is 5.11 Å². The maximum Gasteiger partial charge on any atom is 0.328 e.